The number of fused-ring (bicyclic) bond motifs is 2. The van der Waals surface area contributed by atoms with Gasteiger partial charge in [-0.05, 0) is 19.1 Å². The van der Waals surface area contributed by atoms with Gasteiger partial charge in [-0.1, -0.05) is 23.5 Å². The van der Waals surface area contributed by atoms with Crippen molar-refractivity contribution >= 4 is 44.6 Å². The molecule has 0 saturated heterocycles. The Labute approximate surface area is 184 Å². The van der Waals surface area contributed by atoms with Crippen LogP contribution in [0, 0.1) is 0 Å². The van der Waals surface area contributed by atoms with Crippen molar-refractivity contribution < 1.29 is 14.3 Å². The van der Waals surface area contributed by atoms with E-state index in [2.05, 4.69) is 9.98 Å². The molecule has 4 aromatic rings. The van der Waals surface area contributed by atoms with Crippen LogP contribution in [-0.2, 0) is 41.5 Å². The normalized spacial score (nSPS) is 12.0. The zero-order chi connectivity index (χ0) is 23.0. The van der Waals surface area contributed by atoms with Crippen LogP contribution in [0.2, 0.25) is 0 Å². The van der Waals surface area contributed by atoms with Gasteiger partial charge >= 0.3 is 11.7 Å². The zero-order valence-electron chi connectivity index (χ0n) is 17.6. The van der Waals surface area contributed by atoms with E-state index in [1.54, 1.807) is 11.5 Å². The number of esters is 1. The van der Waals surface area contributed by atoms with Crippen molar-refractivity contribution in [3.63, 3.8) is 0 Å². The highest BCUT2D eigenvalue weighted by atomic mass is 32.1. The Morgan fingerprint density at radius 1 is 1.12 bits per heavy atom. The summed E-state index contributed by atoms with van der Waals surface area (Å²) in [5.41, 5.74) is 0.0229. The summed E-state index contributed by atoms with van der Waals surface area (Å²) in [5, 5.41) is 0. The number of rotatable bonds is 5. The molecule has 0 aliphatic carbocycles. The van der Waals surface area contributed by atoms with Crippen LogP contribution in [-0.4, -0.2) is 41.7 Å². The minimum atomic E-state index is -0.548. The lowest BCUT2D eigenvalue weighted by Gasteiger charge is -2.06. The van der Waals surface area contributed by atoms with Crippen LogP contribution in [0.15, 0.2) is 45.2 Å². The molecule has 1 aromatic carbocycles. The van der Waals surface area contributed by atoms with Crippen molar-refractivity contribution in [3.05, 3.63) is 56.2 Å². The standard InChI is InChI=1S/C20H20N6O5S/c1-4-31-15(28)10-26-12-7-5-6-8-13(12)32-19(26)22-14(27)9-25-11-21-17-16(25)18(29)24(3)20(30)23(17)2/h5-8,11H,4,9-10H2,1-3H3. The number of carbonyl (C=O) groups excluding carboxylic acids is 2. The molecule has 11 nitrogen and oxygen atoms in total. The van der Waals surface area contributed by atoms with Gasteiger partial charge < -0.3 is 13.9 Å². The summed E-state index contributed by atoms with van der Waals surface area (Å²) < 4.78 is 11.1. The SMILES string of the molecule is CCOC(=O)Cn1c(=NC(=O)Cn2cnc3c2c(=O)n(C)c(=O)n3C)sc2ccccc21. The lowest BCUT2D eigenvalue weighted by Crippen LogP contribution is -2.37. The molecular weight excluding hydrogens is 436 g/mol. The van der Waals surface area contributed by atoms with Gasteiger partial charge in [0.05, 0.1) is 23.2 Å². The summed E-state index contributed by atoms with van der Waals surface area (Å²) in [7, 11) is 2.87. The monoisotopic (exact) mass is 456 g/mol. The molecule has 0 atom stereocenters. The second-order valence-electron chi connectivity index (χ2n) is 7.00. The number of aryl methyl sites for hydroxylation is 1. The van der Waals surface area contributed by atoms with Gasteiger partial charge in [0.25, 0.3) is 11.5 Å². The molecule has 0 N–H and O–H groups in total. The lowest BCUT2D eigenvalue weighted by atomic mass is 10.3. The van der Waals surface area contributed by atoms with Crippen molar-refractivity contribution in [1.82, 2.24) is 23.3 Å². The number of benzene rings is 1. The van der Waals surface area contributed by atoms with Gasteiger partial charge in [-0.25, -0.2) is 9.78 Å². The van der Waals surface area contributed by atoms with E-state index in [-0.39, 0.29) is 30.9 Å². The number of amides is 1. The molecule has 0 aliphatic rings. The van der Waals surface area contributed by atoms with Crippen molar-refractivity contribution in [3.8, 4) is 0 Å². The molecule has 0 radical (unpaired) electrons. The minimum absolute atomic E-state index is 0.0827. The third-order valence-electron chi connectivity index (χ3n) is 4.92. The average molecular weight is 456 g/mol. The predicted molar refractivity (Wildman–Crippen MR) is 117 cm³/mol. The van der Waals surface area contributed by atoms with E-state index in [4.69, 9.17) is 4.74 Å². The number of aromatic nitrogens is 5. The fourth-order valence-electron chi connectivity index (χ4n) is 3.40. The van der Waals surface area contributed by atoms with E-state index >= 15 is 0 Å². The Bertz CT molecular complexity index is 1550. The first kappa shape index (κ1) is 21.4. The smallest absolute Gasteiger partial charge is 0.332 e. The third-order valence-corrected chi connectivity index (χ3v) is 5.98. The number of carbonyl (C=O) groups is 2. The molecule has 166 valence electrons. The first-order valence-corrected chi connectivity index (χ1v) is 10.6. The molecule has 4 rings (SSSR count). The first-order valence-electron chi connectivity index (χ1n) is 9.74. The summed E-state index contributed by atoms with van der Waals surface area (Å²) in [6, 6.07) is 7.40. The fourth-order valence-corrected chi connectivity index (χ4v) is 4.45. The van der Waals surface area contributed by atoms with Crippen LogP contribution in [0.3, 0.4) is 0 Å². The van der Waals surface area contributed by atoms with Gasteiger partial charge in [-0.3, -0.25) is 23.5 Å². The number of hydrogen-bond acceptors (Lipinski definition) is 7. The molecule has 3 heterocycles. The summed E-state index contributed by atoms with van der Waals surface area (Å²) in [6.07, 6.45) is 1.33. The van der Waals surface area contributed by atoms with E-state index in [0.717, 1.165) is 14.8 Å². The predicted octanol–water partition coefficient (Wildman–Crippen LogP) is 0.141. The Hall–Kier alpha value is -3.80. The Morgan fingerprint density at radius 2 is 1.88 bits per heavy atom. The number of nitrogens with zero attached hydrogens (tertiary/aromatic N) is 6. The van der Waals surface area contributed by atoms with Crippen LogP contribution in [0.1, 0.15) is 6.92 Å². The van der Waals surface area contributed by atoms with Crippen molar-refractivity contribution in [2.24, 2.45) is 19.1 Å². The molecule has 1 amide bonds. The van der Waals surface area contributed by atoms with E-state index < -0.39 is 23.1 Å². The van der Waals surface area contributed by atoms with Gasteiger partial charge in [-0.2, -0.15) is 4.99 Å². The van der Waals surface area contributed by atoms with Crippen LogP contribution in [0.4, 0.5) is 0 Å². The molecular formula is C20H20N6O5S. The number of para-hydroxylation sites is 1. The van der Waals surface area contributed by atoms with Crippen molar-refractivity contribution in [1.29, 1.82) is 0 Å². The molecule has 32 heavy (non-hydrogen) atoms. The molecule has 3 aromatic heterocycles. The van der Waals surface area contributed by atoms with Gasteiger partial charge in [0.2, 0.25) is 0 Å². The number of hydrogen-bond donors (Lipinski definition) is 0. The Balaban J connectivity index is 1.76. The summed E-state index contributed by atoms with van der Waals surface area (Å²) in [4.78, 5) is 58.2. The highest BCUT2D eigenvalue weighted by Crippen LogP contribution is 2.17. The van der Waals surface area contributed by atoms with E-state index in [0.29, 0.717) is 4.80 Å². The van der Waals surface area contributed by atoms with Crippen molar-refractivity contribution in [2.45, 2.75) is 20.0 Å². The van der Waals surface area contributed by atoms with Gasteiger partial charge in [0, 0.05) is 14.1 Å². The molecule has 0 spiro atoms. The third kappa shape index (κ3) is 3.68. The van der Waals surface area contributed by atoms with Crippen molar-refractivity contribution in [2.75, 3.05) is 6.61 Å². The first-order chi connectivity index (χ1) is 15.3. The van der Waals surface area contributed by atoms with E-state index in [9.17, 15) is 19.2 Å². The maximum atomic E-state index is 12.8. The highest BCUT2D eigenvalue weighted by molar-refractivity contribution is 7.16. The molecule has 0 fully saturated rings. The number of ether oxygens (including phenoxy) is 1. The van der Waals surface area contributed by atoms with Gasteiger partial charge in [-0.15, -0.1) is 0 Å². The Kier molecular flexibility index (Phi) is 5.61. The average Bonchev–Trinajstić information content (AvgIpc) is 3.32. The van der Waals surface area contributed by atoms with Crippen LogP contribution < -0.4 is 16.1 Å². The lowest BCUT2D eigenvalue weighted by molar-refractivity contribution is -0.143. The van der Waals surface area contributed by atoms with Crippen LogP contribution in [0.25, 0.3) is 21.4 Å². The van der Waals surface area contributed by atoms with E-state index in [1.807, 2.05) is 24.3 Å². The quantitative estimate of drug-likeness (QED) is 0.394. The second-order valence-corrected chi connectivity index (χ2v) is 8.01. The largest absolute Gasteiger partial charge is 0.465 e. The van der Waals surface area contributed by atoms with Gasteiger partial charge in [0.1, 0.15) is 13.1 Å². The maximum absolute atomic E-state index is 12.8. The zero-order valence-corrected chi connectivity index (χ0v) is 18.5. The number of thiazole rings is 1. The second kappa shape index (κ2) is 8.38. The minimum Gasteiger partial charge on any atom is -0.465 e. The summed E-state index contributed by atoms with van der Waals surface area (Å²) in [6.45, 7) is 1.63. The molecule has 0 unspecified atom stereocenters. The molecule has 0 bridgehead atoms. The Morgan fingerprint density at radius 3 is 2.62 bits per heavy atom. The fraction of sp³-hybridized carbons (Fsp3) is 0.300. The molecule has 0 saturated carbocycles. The van der Waals surface area contributed by atoms with Gasteiger partial charge in [0.15, 0.2) is 16.0 Å². The molecule has 12 heteroatoms. The molecule has 0 aliphatic heterocycles. The highest BCUT2D eigenvalue weighted by Gasteiger charge is 2.17. The van der Waals surface area contributed by atoms with Crippen LogP contribution in [0.5, 0.6) is 0 Å². The number of imidazole rings is 1. The summed E-state index contributed by atoms with van der Waals surface area (Å²) in [5.74, 6) is -0.973. The maximum Gasteiger partial charge on any atom is 0.332 e. The summed E-state index contributed by atoms with van der Waals surface area (Å²) >= 11 is 1.27. The van der Waals surface area contributed by atoms with Crippen LogP contribution >= 0.6 is 11.3 Å². The van der Waals surface area contributed by atoms with E-state index in [1.165, 1.54) is 40.9 Å². The topological polar surface area (TPSA) is 122 Å².